The molecule has 1 unspecified atom stereocenters. The van der Waals surface area contributed by atoms with Crippen LogP contribution in [0.5, 0.6) is 0 Å². The summed E-state index contributed by atoms with van der Waals surface area (Å²) in [6, 6.07) is -0.00115. The molecule has 2 amide bonds. The Hall–Kier alpha value is -0.910. The lowest BCUT2D eigenvalue weighted by Gasteiger charge is -2.23. The number of carboxylic acid groups (broad SMARTS) is 1. The quantitative estimate of drug-likeness (QED) is 0.704. The fraction of sp³-hybridized carbons (Fsp3) is 0.818. The Balaban J connectivity index is 1.69. The standard InChI is InChI=1S/C11H18N2O3S/c14-9(15)11(3-4-11)7-12-10(16)13-8-2-1-5-17-6-8/h8H,1-7H2,(H,14,15)(H2,12,13,16). The second-order valence-electron chi connectivity index (χ2n) is 4.83. The van der Waals surface area contributed by atoms with Gasteiger partial charge in [0.1, 0.15) is 0 Å². The van der Waals surface area contributed by atoms with E-state index < -0.39 is 11.4 Å². The number of hydrogen-bond acceptors (Lipinski definition) is 3. The molecule has 5 nitrogen and oxygen atoms in total. The molecule has 96 valence electrons. The molecule has 1 aliphatic heterocycles. The van der Waals surface area contributed by atoms with E-state index in [1.54, 1.807) is 0 Å². The van der Waals surface area contributed by atoms with Gasteiger partial charge in [0.25, 0.3) is 0 Å². The Bertz CT molecular complexity index is 312. The van der Waals surface area contributed by atoms with Crippen molar-refractivity contribution in [1.29, 1.82) is 0 Å². The van der Waals surface area contributed by atoms with Crippen LogP contribution in [0.2, 0.25) is 0 Å². The van der Waals surface area contributed by atoms with E-state index in [0.717, 1.165) is 18.6 Å². The van der Waals surface area contributed by atoms with Crippen LogP contribution in [0, 0.1) is 5.41 Å². The fourth-order valence-corrected chi connectivity index (χ4v) is 3.03. The zero-order chi connectivity index (χ0) is 12.3. The molecule has 0 radical (unpaired) electrons. The maximum atomic E-state index is 11.6. The molecule has 1 saturated carbocycles. The normalized spacial score (nSPS) is 26.0. The van der Waals surface area contributed by atoms with E-state index in [9.17, 15) is 9.59 Å². The lowest BCUT2D eigenvalue weighted by molar-refractivity contribution is -0.143. The van der Waals surface area contributed by atoms with Crippen LogP contribution >= 0.6 is 11.8 Å². The summed E-state index contributed by atoms with van der Waals surface area (Å²) in [4.78, 5) is 22.5. The molecule has 1 aliphatic carbocycles. The summed E-state index contributed by atoms with van der Waals surface area (Å²) in [7, 11) is 0. The Kier molecular flexibility index (Phi) is 3.81. The van der Waals surface area contributed by atoms with Gasteiger partial charge in [-0.05, 0) is 31.4 Å². The van der Waals surface area contributed by atoms with E-state index >= 15 is 0 Å². The minimum Gasteiger partial charge on any atom is -0.481 e. The van der Waals surface area contributed by atoms with Crippen molar-refractivity contribution in [2.75, 3.05) is 18.1 Å². The van der Waals surface area contributed by atoms with E-state index in [1.807, 2.05) is 11.8 Å². The second-order valence-corrected chi connectivity index (χ2v) is 5.98. The topological polar surface area (TPSA) is 78.4 Å². The maximum Gasteiger partial charge on any atom is 0.315 e. The minimum atomic E-state index is -0.800. The van der Waals surface area contributed by atoms with E-state index in [1.165, 1.54) is 5.75 Å². The van der Waals surface area contributed by atoms with Crippen molar-refractivity contribution in [2.24, 2.45) is 5.41 Å². The van der Waals surface area contributed by atoms with Gasteiger partial charge in [-0.25, -0.2) is 4.79 Å². The molecule has 1 saturated heterocycles. The third-order valence-corrected chi connectivity index (χ3v) is 4.61. The van der Waals surface area contributed by atoms with Gasteiger partial charge in [-0.2, -0.15) is 11.8 Å². The van der Waals surface area contributed by atoms with Gasteiger partial charge >= 0.3 is 12.0 Å². The molecule has 2 rings (SSSR count). The number of hydrogen-bond donors (Lipinski definition) is 3. The molecule has 3 N–H and O–H groups in total. The highest BCUT2D eigenvalue weighted by Crippen LogP contribution is 2.45. The van der Waals surface area contributed by atoms with Crippen LogP contribution in [0.1, 0.15) is 25.7 Å². The van der Waals surface area contributed by atoms with Crippen molar-refractivity contribution >= 4 is 23.8 Å². The van der Waals surface area contributed by atoms with Crippen molar-refractivity contribution in [1.82, 2.24) is 10.6 Å². The van der Waals surface area contributed by atoms with Gasteiger partial charge in [0.2, 0.25) is 0 Å². The van der Waals surface area contributed by atoms with Crippen molar-refractivity contribution in [2.45, 2.75) is 31.7 Å². The zero-order valence-electron chi connectivity index (χ0n) is 9.70. The third kappa shape index (κ3) is 3.28. The molecule has 17 heavy (non-hydrogen) atoms. The molecule has 0 bridgehead atoms. The first-order valence-electron chi connectivity index (χ1n) is 5.98. The highest BCUT2D eigenvalue weighted by Gasteiger charge is 2.50. The van der Waals surface area contributed by atoms with Gasteiger partial charge < -0.3 is 15.7 Å². The first-order chi connectivity index (χ1) is 8.12. The van der Waals surface area contributed by atoms with E-state index in [-0.39, 0.29) is 18.6 Å². The van der Waals surface area contributed by atoms with Crippen LogP contribution in [0.15, 0.2) is 0 Å². The highest BCUT2D eigenvalue weighted by molar-refractivity contribution is 7.99. The van der Waals surface area contributed by atoms with Crippen LogP contribution in [0.4, 0.5) is 4.79 Å². The van der Waals surface area contributed by atoms with Crippen molar-refractivity contribution in [3.63, 3.8) is 0 Å². The van der Waals surface area contributed by atoms with Crippen LogP contribution in [-0.2, 0) is 4.79 Å². The van der Waals surface area contributed by atoms with Gasteiger partial charge in [-0.15, -0.1) is 0 Å². The van der Waals surface area contributed by atoms with Gasteiger partial charge in [0.15, 0.2) is 0 Å². The Morgan fingerprint density at radius 2 is 2.18 bits per heavy atom. The number of urea groups is 1. The smallest absolute Gasteiger partial charge is 0.315 e. The third-order valence-electron chi connectivity index (χ3n) is 3.39. The summed E-state index contributed by atoms with van der Waals surface area (Å²) in [6.07, 6.45) is 3.49. The predicted octanol–water partition coefficient (Wildman–Crippen LogP) is 1.05. The molecule has 0 spiro atoms. The first-order valence-corrected chi connectivity index (χ1v) is 7.13. The van der Waals surface area contributed by atoms with Crippen LogP contribution in [0.3, 0.4) is 0 Å². The van der Waals surface area contributed by atoms with Crippen LogP contribution < -0.4 is 10.6 Å². The molecule has 6 heteroatoms. The van der Waals surface area contributed by atoms with Gasteiger partial charge in [-0.3, -0.25) is 4.79 Å². The largest absolute Gasteiger partial charge is 0.481 e. The summed E-state index contributed by atoms with van der Waals surface area (Å²) >= 11 is 1.85. The lowest BCUT2D eigenvalue weighted by atomic mass is 10.1. The monoisotopic (exact) mass is 258 g/mol. The van der Waals surface area contributed by atoms with E-state index in [2.05, 4.69) is 10.6 Å². The molecule has 1 heterocycles. The number of carboxylic acids is 1. The first kappa shape index (κ1) is 12.5. The van der Waals surface area contributed by atoms with Crippen LogP contribution in [-0.4, -0.2) is 41.2 Å². The van der Waals surface area contributed by atoms with E-state index in [0.29, 0.717) is 12.8 Å². The number of amides is 2. The van der Waals surface area contributed by atoms with E-state index in [4.69, 9.17) is 5.11 Å². The summed E-state index contributed by atoms with van der Waals surface area (Å²) in [5, 5.41) is 14.5. The SMILES string of the molecule is O=C(NCC1(C(=O)O)CC1)NC1CCCSC1. The molecular weight excluding hydrogens is 240 g/mol. The summed E-state index contributed by atoms with van der Waals surface area (Å²) < 4.78 is 0. The van der Waals surface area contributed by atoms with Gasteiger partial charge in [0, 0.05) is 18.3 Å². The number of rotatable bonds is 4. The van der Waals surface area contributed by atoms with Crippen molar-refractivity contribution < 1.29 is 14.7 Å². The fourth-order valence-electron chi connectivity index (χ4n) is 1.96. The second kappa shape index (κ2) is 5.16. The van der Waals surface area contributed by atoms with Crippen LogP contribution in [0.25, 0.3) is 0 Å². The Labute approximate surface area is 105 Å². The number of carbonyl (C=O) groups excluding carboxylic acids is 1. The van der Waals surface area contributed by atoms with Gasteiger partial charge in [0.05, 0.1) is 5.41 Å². The average molecular weight is 258 g/mol. The Morgan fingerprint density at radius 1 is 1.41 bits per heavy atom. The average Bonchev–Trinajstić information content (AvgIpc) is 3.09. The summed E-state index contributed by atoms with van der Waals surface area (Å²) in [6.45, 7) is 0.244. The molecule has 2 fully saturated rings. The van der Waals surface area contributed by atoms with Gasteiger partial charge in [-0.1, -0.05) is 0 Å². The maximum absolute atomic E-state index is 11.6. The zero-order valence-corrected chi connectivity index (χ0v) is 10.5. The molecule has 0 aromatic rings. The van der Waals surface area contributed by atoms with Crippen molar-refractivity contribution in [3.05, 3.63) is 0 Å². The molecule has 1 atom stereocenters. The lowest BCUT2D eigenvalue weighted by Crippen LogP contribution is -2.46. The number of aliphatic carboxylic acids is 1. The predicted molar refractivity (Wildman–Crippen MR) is 66.2 cm³/mol. The summed E-state index contributed by atoms with van der Waals surface area (Å²) in [5.74, 6) is 1.32. The molecular formula is C11H18N2O3S. The molecule has 0 aromatic heterocycles. The summed E-state index contributed by atoms with van der Waals surface area (Å²) in [5.41, 5.74) is -0.682. The highest BCUT2D eigenvalue weighted by atomic mass is 32.2. The number of nitrogens with one attached hydrogen (secondary N) is 2. The minimum absolute atomic E-state index is 0.230. The number of carbonyl (C=O) groups is 2. The number of thioether (sulfide) groups is 1. The molecule has 2 aliphatic rings. The Morgan fingerprint density at radius 3 is 2.71 bits per heavy atom. The van der Waals surface area contributed by atoms with Crippen molar-refractivity contribution in [3.8, 4) is 0 Å². The molecule has 0 aromatic carbocycles.